The number of benzene rings is 1. The SMILES string of the molecule is CCN(CC)Cc1ccc(CNC(=O)C2CCCN(c3cnccn3)C2)cc1. The predicted octanol–water partition coefficient (Wildman–Crippen LogP) is 2.85. The minimum atomic E-state index is -0.00213. The summed E-state index contributed by atoms with van der Waals surface area (Å²) in [6.45, 7) is 9.66. The van der Waals surface area contributed by atoms with Crippen molar-refractivity contribution in [2.75, 3.05) is 31.1 Å². The largest absolute Gasteiger partial charge is 0.355 e. The summed E-state index contributed by atoms with van der Waals surface area (Å²) < 4.78 is 0. The van der Waals surface area contributed by atoms with Crippen molar-refractivity contribution in [3.8, 4) is 0 Å². The number of nitrogens with one attached hydrogen (secondary N) is 1. The Hall–Kier alpha value is -2.47. The number of carbonyl (C=O) groups is 1. The summed E-state index contributed by atoms with van der Waals surface area (Å²) in [5.74, 6) is 0.974. The fraction of sp³-hybridized carbons (Fsp3) is 0.500. The van der Waals surface area contributed by atoms with Gasteiger partial charge in [-0.1, -0.05) is 38.1 Å². The highest BCUT2D eigenvalue weighted by Crippen LogP contribution is 2.21. The predicted molar refractivity (Wildman–Crippen MR) is 112 cm³/mol. The first-order chi connectivity index (χ1) is 13.7. The van der Waals surface area contributed by atoms with Gasteiger partial charge in [-0.3, -0.25) is 14.7 Å². The standard InChI is InChI=1S/C22H31N5O/c1-3-26(4-2)16-19-9-7-18(8-10-19)14-25-22(28)20-6-5-13-27(17-20)21-15-23-11-12-24-21/h7-12,15,20H,3-6,13-14,16-17H2,1-2H3,(H,25,28). The second-order valence-corrected chi connectivity index (χ2v) is 7.34. The highest BCUT2D eigenvalue weighted by atomic mass is 16.1. The minimum Gasteiger partial charge on any atom is -0.355 e. The molecular weight excluding hydrogens is 350 g/mol. The van der Waals surface area contributed by atoms with E-state index in [1.54, 1.807) is 18.6 Å². The summed E-state index contributed by atoms with van der Waals surface area (Å²) in [5, 5.41) is 3.11. The second-order valence-electron chi connectivity index (χ2n) is 7.34. The fourth-order valence-electron chi connectivity index (χ4n) is 3.66. The van der Waals surface area contributed by atoms with Gasteiger partial charge in [0.05, 0.1) is 12.1 Å². The smallest absolute Gasteiger partial charge is 0.225 e. The van der Waals surface area contributed by atoms with Crippen molar-refractivity contribution in [2.24, 2.45) is 5.92 Å². The molecule has 1 saturated heterocycles. The van der Waals surface area contributed by atoms with Crippen molar-refractivity contribution in [3.05, 3.63) is 54.0 Å². The molecule has 150 valence electrons. The van der Waals surface area contributed by atoms with E-state index in [-0.39, 0.29) is 11.8 Å². The van der Waals surface area contributed by atoms with E-state index in [9.17, 15) is 4.79 Å². The van der Waals surface area contributed by atoms with Gasteiger partial charge in [0.2, 0.25) is 5.91 Å². The maximum atomic E-state index is 12.7. The van der Waals surface area contributed by atoms with E-state index in [4.69, 9.17) is 0 Å². The van der Waals surface area contributed by atoms with Gasteiger partial charge in [0, 0.05) is 38.6 Å². The molecule has 1 fully saturated rings. The monoisotopic (exact) mass is 381 g/mol. The second kappa shape index (κ2) is 10.2. The molecule has 0 radical (unpaired) electrons. The Bertz CT molecular complexity index is 730. The Morgan fingerprint density at radius 3 is 2.61 bits per heavy atom. The van der Waals surface area contributed by atoms with E-state index in [0.717, 1.165) is 50.4 Å². The molecule has 1 N–H and O–H groups in total. The zero-order chi connectivity index (χ0) is 19.8. The third-order valence-electron chi connectivity index (χ3n) is 5.46. The van der Waals surface area contributed by atoms with Crippen LogP contribution in [0, 0.1) is 5.92 Å². The maximum Gasteiger partial charge on any atom is 0.225 e. The van der Waals surface area contributed by atoms with Crippen LogP contribution in [0.15, 0.2) is 42.9 Å². The lowest BCUT2D eigenvalue weighted by Crippen LogP contribution is -2.43. The molecule has 1 aromatic carbocycles. The van der Waals surface area contributed by atoms with Crippen molar-refractivity contribution in [3.63, 3.8) is 0 Å². The van der Waals surface area contributed by atoms with Crippen molar-refractivity contribution in [2.45, 2.75) is 39.8 Å². The van der Waals surface area contributed by atoms with Crippen LogP contribution in [0.4, 0.5) is 5.82 Å². The number of anilines is 1. The highest BCUT2D eigenvalue weighted by molar-refractivity contribution is 5.79. The summed E-state index contributed by atoms with van der Waals surface area (Å²) >= 11 is 0. The van der Waals surface area contributed by atoms with Gasteiger partial charge in [-0.2, -0.15) is 0 Å². The molecule has 6 nitrogen and oxygen atoms in total. The number of aromatic nitrogens is 2. The molecule has 1 aliphatic heterocycles. The van der Waals surface area contributed by atoms with Gasteiger partial charge in [0.15, 0.2) is 0 Å². The molecule has 2 aromatic rings. The molecule has 1 amide bonds. The Morgan fingerprint density at radius 1 is 1.18 bits per heavy atom. The number of hydrogen-bond donors (Lipinski definition) is 1. The summed E-state index contributed by atoms with van der Waals surface area (Å²) in [6.07, 6.45) is 7.05. The lowest BCUT2D eigenvalue weighted by Gasteiger charge is -2.32. The van der Waals surface area contributed by atoms with Crippen LogP contribution in [0.1, 0.15) is 37.8 Å². The molecule has 2 heterocycles. The normalized spacial score (nSPS) is 17.0. The van der Waals surface area contributed by atoms with Crippen LogP contribution < -0.4 is 10.2 Å². The van der Waals surface area contributed by atoms with Crippen LogP contribution >= 0.6 is 0 Å². The number of carbonyl (C=O) groups excluding carboxylic acids is 1. The molecule has 1 aliphatic rings. The molecule has 3 rings (SSSR count). The lowest BCUT2D eigenvalue weighted by molar-refractivity contribution is -0.125. The average molecular weight is 382 g/mol. The van der Waals surface area contributed by atoms with Crippen LogP contribution in [-0.4, -0.2) is 47.0 Å². The van der Waals surface area contributed by atoms with Crippen molar-refractivity contribution < 1.29 is 4.79 Å². The Labute approximate surface area is 168 Å². The van der Waals surface area contributed by atoms with Crippen LogP contribution in [0.5, 0.6) is 0 Å². The number of piperidine rings is 1. The Morgan fingerprint density at radius 2 is 1.93 bits per heavy atom. The van der Waals surface area contributed by atoms with E-state index >= 15 is 0 Å². The number of hydrogen-bond acceptors (Lipinski definition) is 5. The topological polar surface area (TPSA) is 61.4 Å². The zero-order valence-corrected chi connectivity index (χ0v) is 17.0. The van der Waals surface area contributed by atoms with Gasteiger partial charge in [0.1, 0.15) is 5.82 Å². The molecule has 6 heteroatoms. The molecule has 0 aliphatic carbocycles. The summed E-state index contributed by atoms with van der Waals surface area (Å²) in [4.78, 5) is 25.7. The lowest BCUT2D eigenvalue weighted by atomic mass is 9.97. The van der Waals surface area contributed by atoms with E-state index in [0.29, 0.717) is 13.1 Å². The first-order valence-electron chi connectivity index (χ1n) is 10.3. The van der Waals surface area contributed by atoms with Gasteiger partial charge in [0.25, 0.3) is 0 Å². The first-order valence-corrected chi connectivity index (χ1v) is 10.3. The van der Waals surface area contributed by atoms with E-state index in [1.165, 1.54) is 5.56 Å². The maximum absolute atomic E-state index is 12.7. The fourth-order valence-corrected chi connectivity index (χ4v) is 3.66. The van der Waals surface area contributed by atoms with E-state index in [2.05, 4.69) is 63.2 Å². The average Bonchev–Trinajstić information content (AvgIpc) is 2.77. The van der Waals surface area contributed by atoms with Gasteiger partial charge >= 0.3 is 0 Å². The summed E-state index contributed by atoms with van der Waals surface area (Å²) in [5.41, 5.74) is 2.45. The molecule has 0 spiro atoms. The third-order valence-corrected chi connectivity index (χ3v) is 5.46. The van der Waals surface area contributed by atoms with E-state index < -0.39 is 0 Å². The van der Waals surface area contributed by atoms with Crippen molar-refractivity contribution in [1.82, 2.24) is 20.2 Å². The molecule has 28 heavy (non-hydrogen) atoms. The van der Waals surface area contributed by atoms with Gasteiger partial charge in [-0.15, -0.1) is 0 Å². The van der Waals surface area contributed by atoms with Crippen LogP contribution in [0.3, 0.4) is 0 Å². The summed E-state index contributed by atoms with van der Waals surface area (Å²) in [6, 6.07) is 8.56. The van der Waals surface area contributed by atoms with Crippen LogP contribution in [0.2, 0.25) is 0 Å². The molecule has 1 unspecified atom stereocenters. The number of rotatable bonds is 8. The summed E-state index contributed by atoms with van der Waals surface area (Å²) in [7, 11) is 0. The van der Waals surface area contributed by atoms with Crippen molar-refractivity contribution in [1.29, 1.82) is 0 Å². The van der Waals surface area contributed by atoms with Gasteiger partial charge in [-0.05, 0) is 37.1 Å². The minimum absolute atomic E-state index is 0.00213. The highest BCUT2D eigenvalue weighted by Gasteiger charge is 2.26. The van der Waals surface area contributed by atoms with Crippen molar-refractivity contribution >= 4 is 11.7 Å². The quantitative estimate of drug-likeness (QED) is 0.762. The van der Waals surface area contributed by atoms with Crippen LogP contribution in [-0.2, 0) is 17.9 Å². The molecular formula is C22H31N5O. The molecule has 1 aromatic heterocycles. The van der Waals surface area contributed by atoms with E-state index in [1.807, 2.05) is 0 Å². The molecule has 0 bridgehead atoms. The number of amides is 1. The first kappa shape index (κ1) is 20.3. The van der Waals surface area contributed by atoms with Gasteiger partial charge in [-0.25, -0.2) is 4.98 Å². The third kappa shape index (κ3) is 5.52. The molecule has 0 saturated carbocycles. The molecule has 1 atom stereocenters. The number of nitrogens with zero attached hydrogens (tertiary/aromatic N) is 4. The zero-order valence-electron chi connectivity index (χ0n) is 17.0. The van der Waals surface area contributed by atoms with Crippen LogP contribution in [0.25, 0.3) is 0 Å². The Kier molecular flexibility index (Phi) is 7.37. The Balaban J connectivity index is 1.49. The van der Waals surface area contributed by atoms with Gasteiger partial charge < -0.3 is 10.2 Å².